The van der Waals surface area contributed by atoms with E-state index in [0.29, 0.717) is 30.0 Å². The Balaban J connectivity index is 0.00000202. The van der Waals surface area contributed by atoms with Crippen LogP contribution in [0, 0.1) is 5.92 Å². The second kappa shape index (κ2) is 15.0. The first-order valence-electron chi connectivity index (χ1n) is 15.2. The molecule has 5 atom stereocenters. The van der Waals surface area contributed by atoms with Crippen LogP contribution in [0.15, 0.2) is 71.6 Å². The Hall–Kier alpha value is -1.49. The molecule has 0 spiro atoms. The minimum atomic E-state index is -3.55. The second-order valence-electron chi connectivity index (χ2n) is 12.0. The van der Waals surface area contributed by atoms with Crippen LogP contribution in [0.2, 0.25) is 0 Å². The second-order valence-corrected chi connectivity index (χ2v) is 14.1. The lowest BCUT2D eigenvalue weighted by Gasteiger charge is -2.36. The summed E-state index contributed by atoms with van der Waals surface area (Å²) in [6, 6.07) is 22.5. The Kier molecular flexibility index (Phi) is 11.9. The average Bonchev–Trinajstić information content (AvgIpc) is 3.52. The molecule has 6 rings (SSSR count). The van der Waals surface area contributed by atoms with Crippen molar-refractivity contribution in [1.29, 1.82) is 0 Å². The first-order chi connectivity index (χ1) is 19.5. The number of ether oxygens (including phenoxy) is 1. The molecule has 3 fully saturated rings. The van der Waals surface area contributed by atoms with Gasteiger partial charge in [-0.25, -0.2) is 8.42 Å². The largest absolute Gasteiger partial charge is 0.494 e. The zero-order valence-corrected chi connectivity index (χ0v) is 28.6. The van der Waals surface area contributed by atoms with Gasteiger partial charge in [0.25, 0.3) is 0 Å². The van der Waals surface area contributed by atoms with Gasteiger partial charge in [0, 0.05) is 30.7 Å². The molecular formula is C33H45Br2N3O3S. The van der Waals surface area contributed by atoms with Crippen molar-refractivity contribution < 1.29 is 13.2 Å². The summed E-state index contributed by atoms with van der Waals surface area (Å²) in [5.74, 6) is 1.15. The average molecular weight is 724 g/mol. The number of sulfone groups is 1. The predicted molar refractivity (Wildman–Crippen MR) is 182 cm³/mol. The first kappa shape index (κ1) is 33.4. The maximum absolute atomic E-state index is 14.1. The molecule has 0 amide bonds. The van der Waals surface area contributed by atoms with E-state index in [4.69, 9.17) is 4.74 Å². The monoisotopic (exact) mass is 721 g/mol. The van der Waals surface area contributed by atoms with Crippen molar-refractivity contribution in [2.24, 2.45) is 5.92 Å². The first-order valence-corrected chi connectivity index (χ1v) is 16.7. The van der Waals surface area contributed by atoms with E-state index >= 15 is 0 Å². The SMILES string of the molecule is Br.Br.CCCCCOc1ccc(S(=O)(=O)[C@H]2[C@H](NCc3ccc4ccccc4c3)[C@@H]3N[C@H]2C[C@H]3CNC2CCC2)cc1. The Morgan fingerprint density at radius 3 is 2.40 bits per heavy atom. The fourth-order valence-corrected chi connectivity index (χ4v) is 8.91. The summed E-state index contributed by atoms with van der Waals surface area (Å²) in [4.78, 5) is 0.384. The maximum atomic E-state index is 14.1. The Morgan fingerprint density at radius 2 is 1.69 bits per heavy atom. The van der Waals surface area contributed by atoms with Gasteiger partial charge in [-0.1, -0.05) is 62.6 Å². The van der Waals surface area contributed by atoms with Gasteiger partial charge in [-0.05, 0) is 84.8 Å². The number of benzene rings is 3. The molecule has 3 aliphatic rings. The number of halogens is 2. The Morgan fingerprint density at radius 1 is 0.929 bits per heavy atom. The van der Waals surface area contributed by atoms with Crippen molar-refractivity contribution in [3.63, 3.8) is 0 Å². The van der Waals surface area contributed by atoms with Crippen molar-refractivity contribution in [1.82, 2.24) is 16.0 Å². The molecule has 6 nitrogen and oxygen atoms in total. The molecule has 0 aromatic heterocycles. The summed E-state index contributed by atoms with van der Waals surface area (Å²) < 4.78 is 34.1. The molecule has 2 aliphatic heterocycles. The number of nitrogens with one attached hydrogen (secondary N) is 3. The van der Waals surface area contributed by atoms with E-state index in [0.717, 1.165) is 38.0 Å². The molecule has 230 valence electrons. The standard InChI is InChI=1S/C33H43N3O3S.2BrH/c1-2-3-6-18-39-28-14-16-29(17-15-28)40(37,38)33-30-20-26(22-34-27-10-7-11-27)31(36-30)32(33)35-21-23-12-13-24-8-4-5-9-25(24)19-23;;/h4-5,8-9,12-17,19,26-27,30-36H,2-3,6-7,10-11,18,20-22H2,1H3;2*1H/t26-,30-,31+,32+,33+;;/m0../s1. The quantitative estimate of drug-likeness (QED) is 0.178. The minimum absolute atomic E-state index is 0. The lowest BCUT2D eigenvalue weighted by atomic mass is 9.84. The minimum Gasteiger partial charge on any atom is -0.494 e. The van der Waals surface area contributed by atoms with Crippen LogP contribution in [-0.2, 0) is 16.4 Å². The number of rotatable bonds is 13. The van der Waals surface area contributed by atoms with Gasteiger partial charge in [0.05, 0.1) is 16.8 Å². The fourth-order valence-electron chi connectivity index (χ4n) is 6.81. The highest BCUT2D eigenvalue weighted by Crippen LogP contribution is 2.40. The van der Waals surface area contributed by atoms with Gasteiger partial charge >= 0.3 is 0 Å². The van der Waals surface area contributed by atoms with Crippen LogP contribution < -0.4 is 20.7 Å². The van der Waals surface area contributed by atoms with E-state index in [-0.39, 0.29) is 52.1 Å². The summed E-state index contributed by atoms with van der Waals surface area (Å²) in [6.45, 7) is 4.41. The Labute approximate surface area is 272 Å². The molecule has 2 saturated heterocycles. The van der Waals surface area contributed by atoms with E-state index in [9.17, 15) is 8.42 Å². The summed E-state index contributed by atoms with van der Waals surface area (Å²) in [5.41, 5.74) is 1.17. The van der Waals surface area contributed by atoms with Gasteiger partial charge in [-0.3, -0.25) is 0 Å². The van der Waals surface area contributed by atoms with Crippen LogP contribution in [0.4, 0.5) is 0 Å². The molecule has 1 aliphatic carbocycles. The molecular weight excluding hydrogens is 678 g/mol. The van der Waals surface area contributed by atoms with Crippen molar-refractivity contribution in [2.75, 3.05) is 13.2 Å². The summed E-state index contributed by atoms with van der Waals surface area (Å²) >= 11 is 0. The van der Waals surface area contributed by atoms with E-state index < -0.39 is 15.1 Å². The molecule has 3 aromatic carbocycles. The zero-order chi connectivity index (χ0) is 27.5. The van der Waals surface area contributed by atoms with Crippen LogP contribution in [0.3, 0.4) is 0 Å². The molecule has 9 heteroatoms. The molecule has 3 N–H and O–H groups in total. The van der Waals surface area contributed by atoms with Crippen LogP contribution >= 0.6 is 34.0 Å². The third-order valence-electron chi connectivity index (χ3n) is 9.27. The maximum Gasteiger partial charge on any atom is 0.184 e. The number of fused-ring (bicyclic) bond motifs is 3. The molecule has 2 heterocycles. The summed E-state index contributed by atoms with van der Waals surface area (Å²) in [7, 11) is -3.55. The van der Waals surface area contributed by atoms with E-state index in [1.165, 1.54) is 35.6 Å². The van der Waals surface area contributed by atoms with Gasteiger partial charge in [-0.2, -0.15) is 0 Å². The molecule has 0 unspecified atom stereocenters. The van der Waals surface area contributed by atoms with Crippen molar-refractivity contribution in [3.8, 4) is 5.75 Å². The normalized spacial score (nSPS) is 25.0. The third-order valence-corrected chi connectivity index (χ3v) is 11.5. The van der Waals surface area contributed by atoms with E-state index in [1.54, 1.807) is 12.1 Å². The van der Waals surface area contributed by atoms with Gasteiger partial charge in [-0.15, -0.1) is 34.0 Å². The number of unbranched alkanes of at least 4 members (excludes halogenated alkanes) is 2. The highest BCUT2D eigenvalue weighted by atomic mass is 79.9. The third kappa shape index (κ3) is 7.24. The van der Waals surface area contributed by atoms with Gasteiger partial charge in [0.2, 0.25) is 0 Å². The molecule has 1 saturated carbocycles. The lowest BCUT2D eigenvalue weighted by molar-refractivity contribution is 0.271. The fraction of sp³-hybridized carbons (Fsp3) is 0.515. The van der Waals surface area contributed by atoms with Crippen molar-refractivity contribution in [2.45, 2.75) is 92.7 Å². The lowest BCUT2D eigenvalue weighted by Crippen LogP contribution is -2.55. The summed E-state index contributed by atoms with van der Waals surface area (Å²) in [5, 5.41) is 13.1. The van der Waals surface area contributed by atoms with Crippen molar-refractivity contribution in [3.05, 3.63) is 72.3 Å². The van der Waals surface area contributed by atoms with E-state index in [2.05, 4.69) is 65.3 Å². The highest BCUT2D eigenvalue weighted by Gasteiger charge is 2.57. The predicted octanol–water partition coefficient (Wildman–Crippen LogP) is 6.37. The number of hydrogen-bond acceptors (Lipinski definition) is 6. The van der Waals surface area contributed by atoms with E-state index in [1.807, 2.05) is 12.1 Å². The van der Waals surface area contributed by atoms with Crippen LogP contribution in [0.1, 0.15) is 57.4 Å². The van der Waals surface area contributed by atoms with Crippen LogP contribution in [0.25, 0.3) is 10.8 Å². The zero-order valence-electron chi connectivity index (χ0n) is 24.3. The number of hydrogen-bond donors (Lipinski definition) is 3. The molecule has 3 aromatic rings. The van der Waals surface area contributed by atoms with Gasteiger partial charge in [0.1, 0.15) is 5.75 Å². The van der Waals surface area contributed by atoms with Gasteiger partial charge < -0.3 is 20.7 Å². The van der Waals surface area contributed by atoms with Crippen LogP contribution in [0.5, 0.6) is 5.75 Å². The smallest absolute Gasteiger partial charge is 0.184 e. The highest BCUT2D eigenvalue weighted by molar-refractivity contribution is 8.93. The van der Waals surface area contributed by atoms with Gasteiger partial charge in [0.15, 0.2) is 9.84 Å². The van der Waals surface area contributed by atoms with Crippen LogP contribution in [-0.4, -0.2) is 51.0 Å². The molecule has 42 heavy (non-hydrogen) atoms. The molecule has 0 radical (unpaired) electrons. The summed E-state index contributed by atoms with van der Waals surface area (Å²) in [6.07, 6.45) is 8.00. The van der Waals surface area contributed by atoms with Crippen molar-refractivity contribution >= 4 is 54.6 Å². The Bertz CT molecular complexity index is 1400. The molecule has 2 bridgehead atoms. The topological polar surface area (TPSA) is 79.5 Å².